The summed E-state index contributed by atoms with van der Waals surface area (Å²) in [6.07, 6.45) is -1.16. The molecule has 0 spiro atoms. The summed E-state index contributed by atoms with van der Waals surface area (Å²) in [5, 5.41) is 2.51. The van der Waals surface area contributed by atoms with Crippen LogP contribution in [0.25, 0.3) is 0 Å². The fourth-order valence-corrected chi connectivity index (χ4v) is 1.89. The van der Waals surface area contributed by atoms with Crippen molar-refractivity contribution in [3.05, 3.63) is 71.0 Å². The third-order valence-corrected chi connectivity index (χ3v) is 3.13. The highest BCUT2D eigenvalue weighted by Gasteiger charge is 2.19. The van der Waals surface area contributed by atoms with E-state index in [9.17, 15) is 22.8 Å². The zero-order chi connectivity index (χ0) is 17.7. The fraction of sp³-hybridized carbons (Fsp3) is 0.176. The summed E-state index contributed by atoms with van der Waals surface area (Å²) >= 11 is 0. The van der Waals surface area contributed by atoms with E-state index in [4.69, 9.17) is 4.74 Å². The maximum absolute atomic E-state index is 13.1. The lowest BCUT2D eigenvalue weighted by Crippen LogP contribution is -2.35. The normalized spacial score (nSPS) is 11.7. The largest absolute Gasteiger partial charge is 0.449 e. The van der Waals surface area contributed by atoms with Gasteiger partial charge in [-0.3, -0.25) is 4.79 Å². The molecule has 0 heterocycles. The van der Waals surface area contributed by atoms with E-state index in [2.05, 4.69) is 5.32 Å². The first kappa shape index (κ1) is 17.5. The highest BCUT2D eigenvalue weighted by atomic mass is 19.1. The van der Waals surface area contributed by atoms with Crippen LogP contribution in [0.5, 0.6) is 0 Å². The van der Waals surface area contributed by atoms with E-state index >= 15 is 0 Å². The van der Waals surface area contributed by atoms with Gasteiger partial charge >= 0.3 is 5.97 Å². The number of halogens is 3. The number of carbonyl (C=O) groups excluding carboxylic acids is 2. The summed E-state index contributed by atoms with van der Waals surface area (Å²) in [5.41, 5.74) is 0.334. The highest BCUT2D eigenvalue weighted by molar-refractivity contribution is 5.92. The number of nitrogens with one attached hydrogen (secondary N) is 1. The molecule has 2 aromatic carbocycles. The van der Waals surface area contributed by atoms with Crippen molar-refractivity contribution < 1.29 is 27.5 Å². The molecule has 0 radical (unpaired) electrons. The van der Waals surface area contributed by atoms with Crippen LogP contribution in [0.3, 0.4) is 0 Å². The zero-order valence-electron chi connectivity index (χ0n) is 12.7. The Morgan fingerprint density at radius 1 is 1.00 bits per heavy atom. The molecule has 7 heteroatoms. The Balaban J connectivity index is 1.90. The summed E-state index contributed by atoms with van der Waals surface area (Å²) in [6.45, 7) is 1.45. The summed E-state index contributed by atoms with van der Waals surface area (Å²) in [4.78, 5) is 23.7. The van der Waals surface area contributed by atoms with Crippen molar-refractivity contribution in [1.82, 2.24) is 5.32 Å². The number of rotatable bonds is 5. The number of amides is 1. The van der Waals surface area contributed by atoms with Crippen LogP contribution < -0.4 is 5.32 Å². The average molecular weight is 337 g/mol. The fourth-order valence-electron chi connectivity index (χ4n) is 1.89. The molecule has 24 heavy (non-hydrogen) atoms. The Morgan fingerprint density at radius 3 is 2.17 bits per heavy atom. The van der Waals surface area contributed by atoms with E-state index in [1.54, 1.807) is 0 Å². The molecule has 0 unspecified atom stereocenters. The SMILES string of the molecule is C[C@H](OC(=O)c1cc(F)cc(F)c1)C(=O)NCc1ccc(F)cc1. The molecule has 0 fully saturated rings. The Kier molecular flexibility index (Phi) is 5.57. The van der Waals surface area contributed by atoms with Gasteiger partial charge in [-0.15, -0.1) is 0 Å². The molecule has 0 aliphatic carbocycles. The van der Waals surface area contributed by atoms with Gasteiger partial charge in [0.25, 0.3) is 5.91 Å². The minimum absolute atomic E-state index is 0.121. The first-order valence-electron chi connectivity index (χ1n) is 7.04. The van der Waals surface area contributed by atoms with Gasteiger partial charge in [0.15, 0.2) is 6.10 Å². The summed E-state index contributed by atoms with van der Waals surface area (Å²) in [5.74, 6) is -3.84. The molecule has 0 aliphatic heterocycles. The molecule has 2 aromatic rings. The van der Waals surface area contributed by atoms with Gasteiger partial charge in [-0.1, -0.05) is 12.1 Å². The zero-order valence-corrected chi connectivity index (χ0v) is 12.7. The minimum atomic E-state index is -1.16. The molecular weight excluding hydrogens is 323 g/mol. The second kappa shape index (κ2) is 7.63. The van der Waals surface area contributed by atoms with Crippen LogP contribution in [-0.4, -0.2) is 18.0 Å². The van der Waals surface area contributed by atoms with Gasteiger partial charge < -0.3 is 10.1 Å². The number of hydrogen-bond donors (Lipinski definition) is 1. The lowest BCUT2D eigenvalue weighted by molar-refractivity contribution is -0.129. The van der Waals surface area contributed by atoms with Gasteiger partial charge in [-0.05, 0) is 36.8 Å². The monoisotopic (exact) mass is 337 g/mol. The maximum Gasteiger partial charge on any atom is 0.339 e. The molecule has 0 aromatic heterocycles. The molecule has 1 amide bonds. The highest BCUT2D eigenvalue weighted by Crippen LogP contribution is 2.10. The Labute approximate surface area is 136 Å². The third kappa shape index (κ3) is 4.84. The van der Waals surface area contributed by atoms with Gasteiger partial charge in [0.05, 0.1) is 5.56 Å². The van der Waals surface area contributed by atoms with Crippen LogP contribution in [0.2, 0.25) is 0 Å². The Hall–Kier alpha value is -2.83. The van der Waals surface area contributed by atoms with Gasteiger partial charge in [0.1, 0.15) is 17.5 Å². The predicted molar refractivity (Wildman–Crippen MR) is 79.5 cm³/mol. The van der Waals surface area contributed by atoms with Crippen LogP contribution in [0, 0.1) is 17.5 Å². The van der Waals surface area contributed by atoms with Crippen molar-refractivity contribution in [1.29, 1.82) is 0 Å². The number of ether oxygens (including phenoxy) is 1. The van der Waals surface area contributed by atoms with E-state index in [0.717, 1.165) is 12.1 Å². The van der Waals surface area contributed by atoms with E-state index in [-0.39, 0.29) is 12.1 Å². The van der Waals surface area contributed by atoms with Crippen molar-refractivity contribution >= 4 is 11.9 Å². The van der Waals surface area contributed by atoms with E-state index in [1.165, 1.54) is 31.2 Å². The van der Waals surface area contributed by atoms with E-state index < -0.39 is 35.4 Å². The van der Waals surface area contributed by atoms with Crippen molar-refractivity contribution in [2.45, 2.75) is 19.6 Å². The molecule has 0 aliphatic rings. The second-order valence-electron chi connectivity index (χ2n) is 5.05. The van der Waals surface area contributed by atoms with Crippen LogP contribution >= 0.6 is 0 Å². The molecule has 126 valence electrons. The number of carbonyl (C=O) groups is 2. The third-order valence-electron chi connectivity index (χ3n) is 3.13. The van der Waals surface area contributed by atoms with Crippen molar-refractivity contribution in [2.24, 2.45) is 0 Å². The smallest absolute Gasteiger partial charge is 0.339 e. The van der Waals surface area contributed by atoms with Gasteiger partial charge in [0.2, 0.25) is 0 Å². The van der Waals surface area contributed by atoms with Crippen molar-refractivity contribution in [3.63, 3.8) is 0 Å². The molecule has 1 atom stereocenters. The first-order valence-corrected chi connectivity index (χ1v) is 7.04. The lowest BCUT2D eigenvalue weighted by atomic mass is 10.2. The average Bonchev–Trinajstić information content (AvgIpc) is 2.53. The Morgan fingerprint density at radius 2 is 1.58 bits per heavy atom. The van der Waals surface area contributed by atoms with Crippen LogP contribution in [-0.2, 0) is 16.1 Å². The van der Waals surface area contributed by atoms with Crippen LogP contribution in [0.15, 0.2) is 42.5 Å². The minimum Gasteiger partial charge on any atom is -0.449 e. The van der Waals surface area contributed by atoms with E-state index in [0.29, 0.717) is 11.6 Å². The van der Waals surface area contributed by atoms with Gasteiger partial charge in [0, 0.05) is 12.6 Å². The Bertz CT molecular complexity index is 727. The number of esters is 1. The number of hydrogen-bond acceptors (Lipinski definition) is 3. The van der Waals surface area contributed by atoms with Gasteiger partial charge in [-0.25, -0.2) is 18.0 Å². The molecule has 2 rings (SSSR count). The molecule has 0 saturated heterocycles. The lowest BCUT2D eigenvalue weighted by Gasteiger charge is -2.13. The quantitative estimate of drug-likeness (QED) is 0.854. The molecular formula is C17H14F3NO3. The molecule has 0 saturated carbocycles. The number of benzene rings is 2. The standard InChI is InChI=1S/C17H14F3NO3/c1-10(16(22)21-9-11-2-4-13(18)5-3-11)24-17(23)12-6-14(19)8-15(20)7-12/h2-8,10H,9H2,1H3,(H,21,22)/t10-/m0/s1. The second-order valence-corrected chi connectivity index (χ2v) is 5.05. The van der Waals surface area contributed by atoms with Crippen molar-refractivity contribution in [2.75, 3.05) is 0 Å². The van der Waals surface area contributed by atoms with E-state index in [1.807, 2.05) is 0 Å². The topological polar surface area (TPSA) is 55.4 Å². The summed E-state index contributed by atoms with van der Waals surface area (Å²) in [7, 11) is 0. The van der Waals surface area contributed by atoms with Crippen LogP contribution in [0.4, 0.5) is 13.2 Å². The summed E-state index contributed by atoms with van der Waals surface area (Å²) in [6, 6.07) is 7.76. The van der Waals surface area contributed by atoms with Gasteiger partial charge in [-0.2, -0.15) is 0 Å². The summed E-state index contributed by atoms with van der Waals surface area (Å²) < 4.78 is 43.8. The van der Waals surface area contributed by atoms with Crippen molar-refractivity contribution in [3.8, 4) is 0 Å². The first-order chi connectivity index (χ1) is 11.3. The molecule has 0 bridgehead atoms. The molecule has 1 N–H and O–H groups in total. The maximum atomic E-state index is 13.1. The van der Waals surface area contributed by atoms with Crippen LogP contribution in [0.1, 0.15) is 22.8 Å². The predicted octanol–water partition coefficient (Wildman–Crippen LogP) is 2.97. The molecule has 4 nitrogen and oxygen atoms in total.